The Hall–Kier alpha value is -2.08. The van der Waals surface area contributed by atoms with Crippen molar-refractivity contribution >= 4 is 12.1 Å². The fourth-order valence-electron chi connectivity index (χ4n) is 1.16. The number of amides is 4. The average Bonchev–Trinajstić information content (AvgIpc) is 2.19. The van der Waals surface area contributed by atoms with Crippen molar-refractivity contribution in [3.05, 3.63) is 38.3 Å². The second-order valence-electron chi connectivity index (χ2n) is 2.64. The maximum Gasteiger partial charge on any atom is 0.339 e. The van der Waals surface area contributed by atoms with Crippen LogP contribution >= 0.6 is 0 Å². The predicted molar refractivity (Wildman–Crippen MR) is 52.9 cm³/mol. The fraction of sp³-hybridized carbons (Fsp3) is 0.111. The standard InChI is InChI=1S/C9H11N3O3/c1-4-10-7(13)11(5-2)9(15)12(6-3)8(10)14/h4-7,13H,1-3H2. The molecule has 1 aliphatic rings. The number of aliphatic hydroxyl groups is 1. The zero-order valence-electron chi connectivity index (χ0n) is 8.04. The summed E-state index contributed by atoms with van der Waals surface area (Å²) in [6.45, 7) is 10.0. The Bertz CT molecular complexity index is 311. The summed E-state index contributed by atoms with van der Waals surface area (Å²) < 4.78 is 0. The van der Waals surface area contributed by atoms with Gasteiger partial charge < -0.3 is 5.11 Å². The zero-order chi connectivity index (χ0) is 11.6. The molecule has 1 heterocycles. The molecule has 0 aromatic rings. The summed E-state index contributed by atoms with van der Waals surface area (Å²) in [6, 6.07) is -1.42. The number of hydrogen-bond acceptors (Lipinski definition) is 3. The Labute approximate surface area is 87.0 Å². The molecular formula is C9H11N3O3. The highest BCUT2D eigenvalue weighted by molar-refractivity contribution is 5.97. The van der Waals surface area contributed by atoms with Crippen molar-refractivity contribution in [3.8, 4) is 0 Å². The Morgan fingerprint density at radius 2 is 1.40 bits per heavy atom. The van der Waals surface area contributed by atoms with Gasteiger partial charge in [-0.2, -0.15) is 0 Å². The van der Waals surface area contributed by atoms with Crippen LogP contribution in [0, 0.1) is 0 Å². The van der Waals surface area contributed by atoms with Crippen LogP contribution in [0.3, 0.4) is 0 Å². The monoisotopic (exact) mass is 209 g/mol. The highest BCUT2D eigenvalue weighted by Crippen LogP contribution is 2.18. The normalized spacial score (nSPS) is 18.1. The first-order chi connectivity index (χ1) is 7.08. The minimum Gasteiger partial charge on any atom is -0.356 e. The molecular weight excluding hydrogens is 198 g/mol. The number of nitrogens with zero attached hydrogens (tertiary/aromatic N) is 3. The van der Waals surface area contributed by atoms with E-state index >= 15 is 0 Å². The topological polar surface area (TPSA) is 64.1 Å². The number of aliphatic hydroxyl groups excluding tert-OH is 1. The Morgan fingerprint density at radius 3 is 1.67 bits per heavy atom. The molecule has 6 heteroatoms. The number of urea groups is 2. The van der Waals surface area contributed by atoms with Crippen LogP contribution in [-0.4, -0.2) is 38.2 Å². The van der Waals surface area contributed by atoms with E-state index in [-0.39, 0.29) is 0 Å². The molecule has 4 amide bonds. The largest absolute Gasteiger partial charge is 0.356 e. The van der Waals surface area contributed by atoms with Crippen LogP contribution in [0.25, 0.3) is 0 Å². The summed E-state index contributed by atoms with van der Waals surface area (Å²) in [7, 11) is 0. The van der Waals surface area contributed by atoms with E-state index in [4.69, 9.17) is 0 Å². The minimum atomic E-state index is -1.42. The van der Waals surface area contributed by atoms with E-state index in [1.165, 1.54) is 0 Å². The Morgan fingerprint density at radius 1 is 1.00 bits per heavy atom. The molecule has 0 unspecified atom stereocenters. The SMILES string of the molecule is C=CN1C(=O)N(C=C)C(O)N(C=C)C1=O. The van der Waals surface area contributed by atoms with E-state index in [1.807, 2.05) is 0 Å². The van der Waals surface area contributed by atoms with Gasteiger partial charge in [0.25, 0.3) is 0 Å². The second-order valence-corrected chi connectivity index (χ2v) is 2.64. The van der Waals surface area contributed by atoms with Gasteiger partial charge in [-0.05, 0) is 0 Å². The van der Waals surface area contributed by atoms with E-state index in [0.29, 0.717) is 0 Å². The third kappa shape index (κ3) is 1.50. The number of imide groups is 1. The lowest BCUT2D eigenvalue weighted by atomic mass is 10.4. The van der Waals surface area contributed by atoms with Crippen LogP contribution in [0.5, 0.6) is 0 Å². The van der Waals surface area contributed by atoms with E-state index in [2.05, 4.69) is 19.7 Å². The van der Waals surface area contributed by atoms with Crippen LogP contribution in [0.2, 0.25) is 0 Å². The molecule has 1 rings (SSSR count). The predicted octanol–water partition coefficient (Wildman–Crippen LogP) is 0.852. The van der Waals surface area contributed by atoms with Crippen molar-refractivity contribution in [2.75, 3.05) is 0 Å². The molecule has 1 fully saturated rings. The lowest BCUT2D eigenvalue weighted by molar-refractivity contribution is -0.0483. The molecule has 0 spiro atoms. The molecule has 80 valence electrons. The number of carbonyl (C=O) groups excluding carboxylic acids is 2. The molecule has 15 heavy (non-hydrogen) atoms. The van der Waals surface area contributed by atoms with Crippen molar-refractivity contribution in [3.63, 3.8) is 0 Å². The summed E-state index contributed by atoms with van der Waals surface area (Å²) in [5.41, 5.74) is 0. The Balaban J connectivity index is 3.13. The van der Waals surface area contributed by atoms with Gasteiger partial charge >= 0.3 is 12.1 Å². The van der Waals surface area contributed by atoms with E-state index in [1.54, 1.807) is 0 Å². The summed E-state index contributed by atoms with van der Waals surface area (Å²) in [5.74, 6) is 0. The van der Waals surface area contributed by atoms with Gasteiger partial charge in [0.2, 0.25) is 6.35 Å². The molecule has 1 aliphatic heterocycles. The highest BCUT2D eigenvalue weighted by atomic mass is 16.3. The van der Waals surface area contributed by atoms with Crippen molar-refractivity contribution < 1.29 is 14.7 Å². The van der Waals surface area contributed by atoms with Gasteiger partial charge in [-0.15, -0.1) is 0 Å². The summed E-state index contributed by atoms with van der Waals surface area (Å²) in [5, 5.41) is 9.59. The first kappa shape index (κ1) is 11.0. The lowest BCUT2D eigenvalue weighted by Gasteiger charge is -2.40. The molecule has 0 aromatic carbocycles. The smallest absolute Gasteiger partial charge is 0.339 e. The van der Waals surface area contributed by atoms with Gasteiger partial charge in [0.05, 0.1) is 0 Å². The second kappa shape index (κ2) is 3.97. The van der Waals surface area contributed by atoms with Crippen molar-refractivity contribution in [2.45, 2.75) is 6.35 Å². The minimum absolute atomic E-state index is 0.712. The lowest BCUT2D eigenvalue weighted by Crippen LogP contribution is -2.61. The van der Waals surface area contributed by atoms with Crippen molar-refractivity contribution in [1.29, 1.82) is 0 Å². The van der Waals surface area contributed by atoms with E-state index in [9.17, 15) is 14.7 Å². The number of rotatable bonds is 3. The maximum atomic E-state index is 11.5. The quantitative estimate of drug-likeness (QED) is 0.749. The molecule has 1 N–H and O–H groups in total. The van der Waals surface area contributed by atoms with Gasteiger partial charge in [0.1, 0.15) is 0 Å². The third-order valence-corrected chi connectivity index (χ3v) is 1.93. The molecule has 1 saturated heterocycles. The molecule has 0 aromatic heterocycles. The van der Waals surface area contributed by atoms with Gasteiger partial charge in [-0.25, -0.2) is 14.5 Å². The first-order valence-electron chi connectivity index (χ1n) is 4.08. The van der Waals surface area contributed by atoms with Crippen LogP contribution in [0.4, 0.5) is 9.59 Å². The van der Waals surface area contributed by atoms with Crippen molar-refractivity contribution in [1.82, 2.24) is 14.7 Å². The summed E-state index contributed by atoms with van der Waals surface area (Å²) in [4.78, 5) is 25.6. The van der Waals surface area contributed by atoms with Gasteiger partial charge in [0.15, 0.2) is 0 Å². The zero-order valence-corrected chi connectivity index (χ0v) is 8.04. The highest BCUT2D eigenvalue weighted by Gasteiger charge is 2.40. The number of carbonyl (C=O) groups is 2. The first-order valence-corrected chi connectivity index (χ1v) is 4.08. The molecule has 0 bridgehead atoms. The van der Waals surface area contributed by atoms with E-state index < -0.39 is 18.4 Å². The molecule has 0 saturated carbocycles. The van der Waals surface area contributed by atoms with Crippen LogP contribution in [0.1, 0.15) is 0 Å². The third-order valence-electron chi connectivity index (χ3n) is 1.93. The van der Waals surface area contributed by atoms with Crippen LogP contribution in [-0.2, 0) is 0 Å². The Kier molecular flexibility index (Phi) is 2.91. The van der Waals surface area contributed by atoms with E-state index in [0.717, 1.165) is 33.3 Å². The van der Waals surface area contributed by atoms with Crippen molar-refractivity contribution in [2.24, 2.45) is 0 Å². The number of hydrogen-bond donors (Lipinski definition) is 1. The summed E-state index contributed by atoms with van der Waals surface area (Å²) >= 11 is 0. The maximum absolute atomic E-state index is 11.5. The van der Waals surface area contributed by atoms with Crippen LogP contribution < -0.4 is 0 Å². The van der Waals surface area contributed by atoms with Gasteiger partial charge in [-0.3, -0.25) is 9.80 Å². The van der Waals surface area contributed by atoms with Crippen LogP contribution in [0.15, 0.2) is 38.3 Å². The summed E-state index contributed by atoms with van der Waals surface area (Å²) in [6.07, 6.45) is 1.87. The van der Waals surface area contributed by atoms with Gasteiger partial charge in [0, 0.05) is 18.6 Å². The fourth-order valence-corrected chi connectivity index (χ4v) is 1.16. The molecule has 0 atom stereocenters. The molecule has 0 radical (unpaired) electrons. The van der Waals surface area contributed by atoms with Gasteiger partial charge in [-0.1, -0.05) is 19.7 Å². The molecule has 6 nitrogen and oxygen atoms in total. The molecule has 0 aliphatic carbocycles. The average molecular weight is 209 g/mol.